The van der Waals surface area contributed by atoms with E-state index in [1.807, 2.05) is 0 Å². The Labute approximate surface area is 175 Å². The van der Waals surface area contributed by atoms with E-state index in [0.717, 1.165) is 52.2 Å². The second-order valence-corrected chi connectivity index (χ2v) is 9.47. The van der Waals surface area contributed by atoms with E-state index in [2.05, 4.69) is 29.2 Å². The molecule has 6 nitrogen and oxygen atoms in total. The van der Waals surface area contributed by atoms with Gasteiger partial charge in [-0.1, -0.05) is 6.42 Å². The number of nitrogens with two attached hydrogens (primary N) is 1. The van der Waals surface area contributed by atoms with Crippen LogP contribution in [0.3, 0.4) is 0 Å². The Hall–Kier alpha value is -2.12. The van der Waals surface area contributed by atoms with Crippen LogP contribution in [-0.2, 0) is 13.0 Å². The van der Waals surface area contributed by atoms with Crippen molar-refractivity contribution in [2.75, 3.05) is 19.6 Å². The zero-order valence-electron chi connectivity index (χ0n) is 16.7. The van der Waals surface area contributed by atoms with Gasteiger partial charge in [-0.15, -0.1) is 11.3 Å². The molecule has 0 atom stereocenters. The van der Waals surface area contributed by atoms with E-state index in [0.29, 0.717) is 19.2 Å². The van der Waals surface area contributed by atoms with Crippen LogP contribution in [0.25, 0.3) is 10.6 Å². The van der Waals surface area contributed by atoms with Gasteiger partial charge in [-0.2, -0.15) is 0 Å². The molecule has 2 N–H and O–H groups in total. The van der Waals surface area contributed by atoms with Crippen molar-refractivity contribution in [3.05, 3.63) is 34.8 Å². The first-order chi connectivity index (χ1) is 14.2. The predicted molar refractivity (Wildman–Crippen MR) is 114 cm³/mol. The van der Waals surface area contributed by atoms with Crippen LogP contribution in [0.2, 0.25) is 0 Å². The number of benzene rings is 1. The number of thiazole rings is 1. The molecule has 5 rings (SSSR count). The van der Waals surface area contributed by atoms with Gasteiger partial charge in [0.15, 0.2) is 0 Å². The molecule has 3 heterocycles. The summed E-state index contributed by atoms with van der Waals surface area (Å²) in [5, 5.41) is 1.00. The summed E-state index contributed by atoms with van der Waals surface area (Å²) in [5.74, 6) is 0.942. The molecular formula is C22H28N4O2S. The molecule has 0 radical (unpaired) electrons. The highest BCUT2D eigenvalue weighted by molar-refractivity contribution is 7.15. The van der Waals surface area contributed by atoms with Gasteiger partial charge in [-0.25, -0.2) is 9.78 Å². The predicted octanol–water partition coefficient (Wildman–Crippen LogP) is 3.64. The molecule has 7 heteroatoms. The standard InChI is InChI=1S/C22H28N4O2S/c23-22(27)26-11-8-19-20(14-26)29-21(24-19)15-4-6-17(7-5-15)28-18-12-16(13-18)25-9-2-1-3-10-25/h4-7,16,18H,1-3,8-14H2,(H2,23,27). The van der Waals surface area contributed by atoms with Crippen LogP contribution < -0.4 is 10.5 Å². The van der Waals surface area contributed by atoms with Gasteiger partial charge < -0.3 is 20.3 Å². The number of amides is 2. The van der Waals surface area contributed by atoms with Gasteiger partial charge in [-0.3, -0.25) is 0 Å². The third-order valence-electron chi connectivity index (χ3n) is 6.42. The zero-order chi connectivity index (χ0) is 19.8. The third-order valence-corrected chi connectivity index (χ3v) is 7.56. The molecule has 1 aromatic heterocycles. The number of ether oxygens (including phenoxy) is 1. The van der Waals surface area contributed by atoms with Crippen LogP contribution in [-0.4, -0.2) is 52.6 Å². The summed E-state index contributed by atoms with van der Waals surface area (Å²) in [6.45, 7) is 3.75. The highest BCUT2D eigenvalue weighted by atomic mass is 32.1. The highest BCUT2D eigenvalue weighted by Crippen LogP contribution is 2.34. The van der Waals surface area contributed by atoms with E-state index in [9.17, 15) is 4.79 Å². The molecule has 2 aliphatic heterocycles. The summed E-state index contributed by atoms with van der Waals surface area (Å²) in [6.07, 6.45) is 7.51. The summed E-state index contributed by atoms with van der Waals surface area (Å²) in [6, 6.07) is 8.66. The number of hydrogen-bond donors (Lipinski definition) is 1. The van der Waals surface area contributed by atoms with Gasteiger partial charge in [-0.05, 0) is 50.2 Å². The molecule has 0 unspecified atom stereocenters. The summed E-state index contributed by atoms with van der Waals surface area (Å²) >= 11 is 1.65. The number of aromatic nitrogens is 1. The highest BCUT2D eigenvalue weighted by Gasteiger charge is 2.35. The van der Waals surface area contributed by atoms with Gasteiger partial charge in [0.2, 0.25) is 0 Å². The Morgan fingerprint density at radius 3 is 2.59 bits per heavy atom. The van der Waals surface area contributed by atoms with Gasteiger partial charge in [0, 0.05) is 42.3 Å². The smallest absolute Gasteiger partial charge is 0.315 e. The Balaban J connectivity index is 1.18. The first-order valence-electron chi connectivity index (χ1n) is 10.7. The van der Waals surface area contributed by atoms with Gasteiger partial charge in [0.05, 0.1) is 12.2 Å². The number of piperidine rings is 1. The molecular weight excluding hydrogens is 384 g/mol. The Morgan fingerprint density at radius 2 is 1.86 bits per heavy atom. The van der Waals surface area contributed by atoms with Gasteiger partial charge >= 0.3 is 6.03 Å². The molecule has 0 bridgehead atoms. The van der Waals surface area contributed by atoms with Crippen molar-refractivity contribution in [2.24, 2.45) is 5.73 Å². The van der Waals surface area contributed by atoms with Crippen LogP contribution in [0.5, 0.6) is 5.75 Å². The Kier molecular flexibility index (Phi) is 5.18. The third kappa shape index (κ3) is 3.98. The van der Waals surface area contributed by atoms with Crippen molar-refractivity contribution < 1.29 is 9.53 Å². The number of rotatable bonds is 4. The number of urea groups is 1. The molecule has 2 amide bonds. The minimum Gasteiger partial charge on any atom is -0.490 e. The van der Waals surface area contributed by atoms with Crippen LogP contribution in [0.4, 0.5) is 4.79 Å². The normalized spacial score (nSPS) is 24.6. The van der Waals surface area contributed by atoms with Gasteiger partial charge in [0.1, 0.15) is 16.9 Å². The van der Waals surface area contributed by atoms with Crippen molar-refractivity contribution in [1.82, 2.24) is 14.8 Å². The number of carbonyl (C=O) groups is 1. The van der Waals surface area contributed by atoms with Crippen LogP contribution in [0.15, 0.2) is 24.3 Å². The summed E-state index contributed by atoms with van der Waals surface area (Å²) in [5.41, 5.74) is 7.62. The molecule has 29 heavy (non-hydrogen) atoms. The molecule has 2 aromatic rings. The van der Waals surface area contributed by atoms with Crippen molar-refractivity contribution in [2.45, 2.75) is 57.2 Å². The maximum absolute atomic E-state index is 11.4. The topological polar surface area (TPSA) is 71.7 Å². The molecule has 1 saturated carbocycles. The van der Waals surface area contributed by atoms with E-state index in [-0.39, 0.29) is 6.03 Å². The lowest BCUT2D eigenvalue weighted by atomic mass is 9.86. The van der Waals surface area contributed by atoms with Crippen LogP contribution >= 0.6 is 11.3 Å². The lowest BCUT2D eigenvalue weighted by molar-refractivity contribution is 0.00893. The fourth-order valence-corrected chi connectivity index (χ4v) is 5.72. The van der Waals surface area contributed by atoms with Crippen molar-refractivity contribution in [3.8, 4) is 16.3 Å². The van der Waals surface area contributed by atoms with Crippen LogP contribution in [0.1, 0.15) is 42.7 Å². The number of carbonyl (C=O) groups excluding carboxylic acids is 1. The first kappa shape index (κ1) is 18.9. The van der Waals surface area contributed by atoms with E-state index >= 15 is 0 Å². The second kappa shape index (κ2) is 7.95. The molecule has 1 aromatic carbocycles. The average molecular weight is 413 g/mol. The average Bonchev–Trinajstić information content (AvgIpc) is 3.15. The van der Waals surface area contributed by atoms with Crippen molar-refractivity contribution in [1.29, 1.82) is 0 Å². The number of nitrogens with zero attached hydrogens (tertiary/aromatic N) is 3. The first-order valence-corrected chi connectivity index (χ1v) is 11.5. The molecule has 2 fully saturated rings. The molecule has 1 aliphatic carbocycles. The largest absolute Gasteiger partial charge is 0.490 e. The fraction of sp³-hybridized carbons (Fsp3) is 0.545. The summed E-state index contributed by atoms with van der Waals surface area (Å²) < 4.78 is 6.18. The summed E-state index contributed by atoms with van der Waals surface area (Å²) in [4.78, 5) is 21.7. The Bertz CT molecular complexity index is 869. The number of primary amides is 1. The monoisotopic (exact) mass is 412 g/mol. The van der Waals surface area contributed by atoms with E-state index in [1.54, 1.807) is 16.2 Å². The van der Waals surface area contributed by atoms with E-state index in [4.69, 9.17) is 15.5 Å². The fourth-order valence-electron chi connectivity index (χ4n) is 4.59. The maximum atomic E-state index is 11.4. The molecule has 0 spiro atoms. The number of likely N-dealkylation sites (tertiary alicyclic amines) is 1. The number of fused-ring (bicyclic) bond motifs is 1. The number of hydrogen-bond acceptors (Lipinski definition) is 5. The SMILES string of the molecule is NC(=O)N1CCc2nc(-c3ccc(OC4CC(N5CCCCC5)C4)cc3)sc2C1. The molecule has 154 valence electrons. The lowest BCUT2D eigenvalue weighted by Crippen LogP contribution is -2.50. The quantitative estimate of drug-likeness (QED) is 0.832. The second-order valence-electron chi connectivity index (χ2n) is 8.38. The van der Waals surface area contributed by atoms with Gasteiger partial charge in [0.25, 0.3) is 0 Å². The van der Waals surface area contributed by atoms with Crippen molar-refractivity contribution in [3.63, 3.8) is 0 Å². The minimum atomic E-state index is -0.356. The zero-order valence-corrected chi connectivity index (χ0v) is 17.5. The van der Waals surface area contributed by atoms with E-state index in [1.165, 1.54) is 32.4 Å². The van der Waals surface area contributed by atoms with Crippen LogP contribution in [0, 0.1) is 0 Å². The maximum Gasteiger partial charge on any atom is 0.315 e. The van der Waals surface area contributed by atoms with E-state index < -0.39 is 0 Å². The molecule has 3 aliphatic rings. The Morgan fingerprint density at radius 1 is 1.10 bits per heavy atom. The summed E-state index contributed by atoms with van der Waals surface area (Å²) in [7, 11) is 0. The van der Waals surface area contributed by atoms with Crippen molar-refractivity contribution >= 4 is 17.4 Å². The molecule has 1 saturated heterocycles. The lowest BCUT2D eigenvalue weighted by Gasteiger charge is -2.44. The minimum absolute atomic E-state index is 0.347.